The van der Waals surface area contributed by atoms with Gasteiger partial charge in [-0.1, -0.05) is 0 Å². The van der Waals surface area contributed by atoms with Crippen molar-refractivity contribution in [2.75, 3.05) is 11.6 Å². The molecule has 0 aliphatic carbocycles. The number of thioether (sulfide) groups is 1. The van der Waals surface area contributed by atoms with Gasteiger partial charge in [-0.05, 0) is 37.4 Å². The number of nitrogens with zero attached hydrogens (tertiary/aromatic N) is 1. The van der Waals surface area contributed by atoms with Crippen molar-refractivity contribution in [2.45, 2.75) is 17.9 Å². The highest BCUT2D eigenvalue weighted by Gasteiger charge is 2.14. The van der Waals surface area contributed by atoms with E-state index < -0.39 is 0 Å². The van der Waals surface area contributed by atoms with Crippen molar-refractivity contribution >= 4 is 23.4 Å². The largest absolute Gasteiger partial charge is 0.446 e. The van der Waals surface area contributed by atoms with Crippen LogP contribution in [0.2, 0.25) is 0 Å². The van der Waals surface area contributed by atoms with E-state index in [-0.39, 0.29) is 17.6 Å². The smallest absolute Gasteiger partial charge is 0.277 e. The quantitative estimate of drug-likeness (QED) is 0.840. The number of rotatable bonds is 4. The topological polar surface area (TPSA) is 81.2 Å². The van der Waals surface area contributed by atoms with Crippen molar-refractivity contribution < 1.29 is 9.21 Å². The van der Waals surface area contributed by atoms with Gasteiger partial charge in [-0.15, -0.1) is 11.8 Å². The number of nitrogens with one attached hydrogen (secondary N) is 1. The Labute approximate surface area is 115 Å². The highest BCUT2D eigenvalue weighted by Crippen LogP contribution is 2.18. The third-order valence-corrected chi connectivity index (χ3v) is 3.24. The van der Waals surface area contributed by atoms with Crippen LogP contribution in [0.5, 0.6) is 0 Å². The number of amides is 1. The Bertz CT molecular complexity index is 564. The summed E-state index contributed by atoms with van der Waals surface area (Å²) in [6.45, 7) is 1.74. The fraction of sp³-hybridized carbons (Fsp3) is 0.231. The van der Waals surface area contributed by atoms with Crippen LogP contribution in [0.4, 0.5) is 5.69 Å². The molecule has 0 spiro atoms. The Kier molecular flexibility index (Phi) is 4.24. The van der Waals surface area contributed by atoms with Crippen LogP contribution in [0, 0.1) is 0 Å². The molecule has 19 heavy (non-hydrogen) atoms. The monoisotopic (exact) mass is 277 g/mol. The molecule has 2 aromatic rings. The van der Waals surface area contributed by atoms with Crippen LogP contribution in [-0.4, -0.2) is 17.1 Å². The van der Waals surface area contributed by atoms with Crippen molar-refractivity contribution in [3.05, 3.63) is 42.1 Å². The first-order valence-corrected chi connectivity index (χ1v) is 6.99. The van der Waals surface area contributed by atoms with Crippen LogP contribution in [0.15, 0.2) is 39.8 Å². The number of carbonyl (C=O) groups is 1. The summed E-state index contributed by atoms with van der Waals surface area (Å²) < 4.78 is 5.12. The van der Waals surface area contributed by atoms with Gasteiger partial charge in [0, 0.05) is 10.6 Å². The summed E-state index contributed by atoms with van der Waals surface area (Å²) in [5.41, 5.74) is 6.56. The Morgan fingerprint density at radius 3 is 2.63 bits per heavy atom. The number of aromatic nitrogens is 1. The molecule has 1 aromatic heterocycles. The second-order valence-corrected chi connectivity index (χ2v) is 4.92. The Balaban J connectivity index is 2.06. The van der Waals surface area contributed by atoms with Gasteiger partial charge in [0.05, 0.1) is 6.04 Å². The number of oxazole rings is 1. The highest BCUT2D eigenvalue weighted by atomic mass is 32.2. The summed E-state index contributed by atoms with van der Waals surface area (Å²) in [5.74, 6) is 0.0374. The summed E-state index contributed by atoms with van der Waals surface area (Å²) in [5, 5.41) is 2.75. The van der Waals surface area contributed by atoms with Gasteiger partial charge in [0.1, 0.15) is 6.26 Å². The molecule has 0 aliphatic heterocycles. The maximum Gasteiger partial charge on any atom is 0.277 e. The van der Waals surface area contributed by atoms with Gasteiger partial charge in [-0.2, -0.15) is 0 Å². The minimum absolute atomic E-state index is 0.223. The summed E-state index contributed by atoms with van der Waals surface area (Å²) in [7, 11) is 0. The summed E-state index contributed by atoms with van der Waals surface area (Å²) in [6.07, 6.45) is 3.31. The number of carbonyl (C=O) groups excluding carboxylic acids is 1. The van der Waals surface area contributed by atoms with E-state index in [9.17, 15) is 4.79 Å². The number of anilines is 1. The lowest BCUT2D eigenvalue weighted by Crippen LogP contribution is -2.13. The van der Waals surface area contributed by atoms with Crippen molar-refractivity contribution in [3.8, 4) is 0 Å². The predicted octanol–water partition coefficient (Wildman–Crippen LogP) is 2.67. The molecule has 0 bridgehead atoms. The molecule has 1 heterocycles. The van der Waals surface area contributed by atoms with Gasteiger partial charge in [0.15, 0.2) is 5.69 Å². The maximum absolute atomic E-state index is 11.9. The molecule has 0 saturated carbocycles. The zero-order valence-electron chi connectivity index (χ0n) is 10.7. The van der Waals surface area contributed by atoms with Crippen molar-refractivity contribution in [3.63, 3.8) is 0 Å². The maximum atomic E-state index is 11.9. The van der Waals surface area contributed by atoms with Crippen molar-refractivity contribution in [2.24, 2.45) is 5.73 Å². The first-order chi connectivity index (χ1) is 9.10. The standard InChI is InChI=1S/C13H15N3O2S/c1-8(14)13-16-11(7-18-13)12(17)15-9-3-5-10(19-2)6-4-9/h3-8H,14H2,1-2H3,(H,15,17). The van der Waals surface area contributed by atoms with Crippen LogP contribution >= 0.6 is 11.8 Å². The van der Waals surface area contributed by atoms with Crippen LogP contribution in [0.1, 0.15) is 29.3 Å². The average Bonchev–Trinajstić information content (AvgIpc) is 2.89. The molecule has 2 rings (SSSR count). The third kappa shape index (κ3) is 3.36. The van der Waals surface area contributed by atoms with E-state index in [0.717, 1.165) is 4.90 Å². The minimum atomic E-state index is -0.331. The molecule has 6 heteroatoms. The molecule has 1 amide bonds. The van der Waals surface area contributed by atoms with Gasteiger partial charge in [-0.25, -0.2) is 4.98 Å². The zero-order valence-corrected chi connectivity index (χ0v) is 11.5. The lowest BCUT2D eigenvalue weighted by Gasteiger charge is -2.03. The second-order valence-electron chi connectivity index (χ2n) is 4.04. The SMILES string of the molecule is CSc1ccc(NC(=O)c2coc(C(C)N)n2)cc1. The molecular weight excluding hydrogens is 262 g/mol. The summed E-state index contributed by atoms with van der Waals surface area (Å²) >= 11 is 1.65. The van der Waals surface area contributed by atoms with Crippen LogP contribution in [-0.2, 0) is 0 Å². The molecule has 5 nitrogen and oxygen atoms in total. The Morgan fingerprint density at radius 2 is 2.11 bits per heavy atom. The second kappa shape index (κ2) is 5.90. The fourth-order valence-electron chi connectivity index (χ4n) is 1.47. The molecule has 0 saturated heterocycles. The third-order valence-electron chi connectivity index (χ3n) is 2.49. The molecule has 0 aliphatic rings. The van der Waals surface area contributed by atoms with Gasteiger partial charge in [0.25, 0.3) is 5.91 Å². The number of nitrogens with two attached hydrogens (primary N) is 1. The van der Waals surface area contributed by atoms with Gasteiger partial charge in [0.2, 0.25) is 5.89 Å². The van der Waals surface area contributed by atoms with Crippen LogP contribution in [0.25, 0.3) is 0 Å². The first kappa shape index (κ1) is 13.6. The van der Waals surface area contributed by atoms with Crippen LogP contribution < -0.4 is 11.1 Å². The first-order valence-electron chi connectivity index (χ1n) is 5.76. The molecule has 1 atom stereocenters. The molecule has 0 fully saturated rings. The van der Waals surface area contributed by atoms with E-state index in [1.807, 2.05) is 30.5 Å². The normalized spacial score (nSPS) is 12.2. The van der Waals surface area contributed by atoms with Crippen molar-refractivity contribution in [1.29, 1.82) is 0 Å². The van der Waals surface area contributed by atoms with E-state index in [4.69, 9.17) is 10.2 Å². The molecule has 3 N–H and O–H groups in total. The van der Waals surface area contributed by atoms with Gasteiger partial charge < -0.3 is 15.5 Å². The lowest BCUT2D eigenvalue weighted by molar-refractivity contribution is 0.102. The average molecular weight is 277 g/mol. The fourth-order valence-corrected chi connectivity index (χ4v) is 1.88. The van der Waals surface area contributed by atoms with E-state index in [2.05, 4.69) is 10.3 Å². The summed E-state index contributed by atoms with van der Waals surface area (Å²) in [6, 6.07) is 7.24. The Morgan fingerprint density at radius 1 is 1.42 bits per heavy atom. The molecule has 1 unspecified atom stereocenters. The van der Waals surface area contributed by atoms with Gasteiger partial charge >= 0.3 is 0 Å². The number of hydrogen-bond acceptors (Lipinski definition) is 5. The van der Waals surface area contributed by atoms with E-state index in [1.54, 1.807) is 18.7 Å². The zero-order chi connectivity index (χ0) is 13.8. The summed E-state index contributed by atoms with van der Waals surface area (Å²) in [4.78, 5) is 17.1. The minimum Gasteiger partial charge on any atom is -0.446 e. The molecule has 1 aromatic carbocycles. The molecule has 100 valence electrons. The van der Waals surface area contributed by atoms with E-state index in [1.165, 1.54) is 6.26 Å². The predicted molar refractivity (Wildman–Crippen MR) is 75.3 cm³/mol. The number of benzene rings is 1. The van der Waals surface area contributed by atoms with E-state index >= 15 is 0 Å². The molecular formula is C13H15N3O2S. The molecule has 0 radical (unpaired) electrons. The highest BCUT2D eigenvalue weighted by molar-refractivity contribution is 7.98. The van der Waals surface area contributed by atoms with Crippen LogP contribution in [0.3, 0.4) is 0 Å². The van der Waals surface area contributed by atoms with Crippen molar-refractivity contribution in [1.82, 2.24) is 4.98 Å². The number of hydrogen-bond donors (Lipinski definition) is 2. The lowest BCUT2D eigenvalue weighted by atomic mass is 10.3. The van der Waals surface area contributed by atoms with Gasteiger partial charge in [-0.3, -0.25) is 4.79 Å². The Hall–Kier alpha value is -1.79. The van der Waals surface area contributed by atoms with E-state index in [0.29, 0.717) is 11.6 Å².